The van der Waals surface area contributed by atoms with E-state index in [1.165, 1.54) is 0 Å². The molecule has 1 fully saturated rings. The van der Waals surface area contributed by atoms with Gasteiger partial charge in [0.1, 0.15) is 0 Å². The Morgan fingerprint density at radius 3 is 2.64 bits per heavy atom. The van der Waals surface area contributed by atoms with Crippen molar-refractivity contribution < 1.29 is 9.59 Å². The number of halogens is 1. The van der Waals surface area contributed by atoms with Gasteiger partial charge in [-0.15, -0.1) is 0 Å². The van der Waals surface area contributed by atoms with E-state index >= 15 is 0 Å². The Morgan fingerprint density at radius 1 is 1.32 bits per heavy atom. The molecule has 0 aromatic heterocycles. The quantitative estimate of drug-likeness (QED) is 0.893. The first-order chi connectivity index (χ1) is 10.5. The molecule has 6 heteroatoms. The van der Waals surface area contributed by atoms with Crippen molar-refractivity contribution in [1.29, 1.82) is 0 Å². The highest BCUT2D eigenvalue weighted by molar-refractivity contribution is 6.31. The van der Waals surface area contributed by atoms with Gasteiger partial charge in [0.15, 0.2) is 0 Å². The van der Waals surface area contributed by atoms with Crippen molar-refractivity contribution in [3.63, 3.8) is 0 Å². The standard InChI is InChI=1S/C16H22ClN3O2/c1-11-14(17)4-3-5-15(11)18-10-16(22)19-13-6-8-20(9-7-13)12(2)21/h3-5,13,18H,6-10H2,1-2H3,(H,19,22). The molecule has 2 rings (SSSR count). The molecule has 2 amide bonds. The molecule has 0 atom stereocenters. The minimum Gasteiger partial charge on any atom is -0.376 e. The fourth-order valence-electron chi connectivity index (χ4n) is 2.59. The van der Waals surface area contributed by atoms with E-state index < -0.39 is 0 Å². The number of carbonyl (C=O) groups excluding carboxylic acids is 2. The Hall–Kier alpha value is -1.75. The van der Waals surface area contributed by atoms with Gasteiger partial charge in [-0.05, 0) is 37.5 Å². The van der Waals surface area contributed by atoms with Gasteiger partial charge in [-0.2, -0.15) is 0 Å². The van der Waals surface area contributed by atoms with E-state index in [4.69, 9.17) is 11.6 Å². The second-order valence-corrected chi connectivity index (χ2v) is 6.02. The highest BCUT2D eigenvalue weighted by Crippen LogP contribution is 2.22. The Balaban J connectivity index is 1.77. The number of benzene rings is 1. The van der Waals surface area contributed by atoms with Crippen LogP contribution in [0.3, 0.4) is 0 Å². The predicted octanol–water partition coefficient (Wildman–Crippen LogP) is 2.19. The maximum absolute atomic E-state index is 12.0. The molecule has 1 aliphatic heterocycles. The van der Waals surface area contributed by atoms with E-state index in [2.05, 4.69) is 10.6 Å². The van der Waals surface area contributed by atoms with Crippen LogP contribution in [0.15, 0.2) is 18.2 Å². The molecule has 1 saturated heterocycles. The molecule has 0 aliphatic carbocycles. The lowest BCUT2D eigenvalue weighted by molar-refractivity contribution is -0.130. The van der Waals surface area contributed by atoms with E-state index in [0.29, 0.717) is 18.1 Å². The molecule has 1 aliphatic rings. The van der Waals surface area contributed by atoms with Gasteiger partial charge >= 0.3 is 0 Å². The maximum atomic E-state index is 12.0. The fourth-order valence-corrected chi connectivity index (χ4v) is 2.77. The van der Waals surface area contributed by atoms with Crippen LogP contribution in [-0.4, -0.2) is 42.4 Å². The van der Waals surface area contributed by atoms with E-state index in [0.717, 1.165) is 24.1 Å². The summed E-state index contributed by atoms with van der Waals surface area (Å²) in [6, 6.07) is 5.73. The molecular weight excluding hydrogens is 302 g/mol. The summed E-state index contributed by atoms with van der Waals surface area (Å²) >= 11 is 6.05. The van der Waals surface area contributed by atoms with Crippen molar-refractivity contribution in [3.8, 4) is 0 Å². The van der Waals surface area contributed by atoms with Gasteiger partial charge in [-0.3, -0.25) is 9.59 Å². The zero-order valence-corrected chi connectivity index (χ0v) is 13.7. The Morgan fingerprint density at radius 2 is 2.00 bits per heavy atom. The maximum Gasteiger partial charge on any atom is 0.239 e. The molecule has 1 heterocycles. The van der Waals surface area contributed by atoms with Crippen LogP contribution >= 0.6 is 11.6 Å². The van der Waals surface area contributed by atoms with Crippen LogP contribution in [0.25, 0.3) is 0 Å². The summed E-state index contributed by atoms with van der Waals surface area (Å²) in [5.74, 6) is 0.0588. The fraction of sp³-hybridized carbons (Fsp3) is 0.500. The molecule has 22 heavy (non-hydrogen) atoms. The summed E-state index contributed by atoms with van der Waals surface area (Å²) in [6.07, 6.45) is 1.61. The third-order valence-electron chi connectivity index (χ3n) is 4.01. The van der Waals surface area contributed by atoms with Gasteiger partial charge in [0, 0.05) is 36.8 Å². The first-order valence-electron chi connectivity index (χ1n) is 7.51. The number of nitrogens with one attached hydrogen (secondary N) is 2. The average molecular weight is 324 g/mol. The van der Waals surface area contributed by atoms with E-state index in [1.807, 2.05) is 30.0 Å². The first kappa shape index (κ1) is 16.6. The van der Waals surface area contributed by atoms with Crippen molar-refractivity contribution >= 4 is 29.1 Å². The third-order valence-corrected chi connectivity index (χ3v) is 4.42. The smallest absolute Gasteiger partial charge is 0.239 e. The number of hydrogen-bond acceptors (Lipinski definition) is 3. The van der Waals surface area contributed by atoms with Gasteiger partial charge in [0.2, 0.25) is 11.8 Å². The largest absolute Gasteiger partial charge is 0.376 e. The summed E-state index contributed by atoms with van der Waals surface area (Å²) in [5, 5.41) is 6.80. The summed E-state index contributed by atoms with van der Waals surface area (Å²) in [5.41, 5.74) is 1.81. The molecule has 0 bridgehead atoms. The summed E-state index contributed by atoms with van der Waals surface area (Å²) in [6.45, 7) is 5.13. The van der Waals surface area contributed by atoms with Crippen LogP contribution in [0.1, 0.15) is 25.3 Å². The predicted molar refractivity (Wildman–Crippen MR) is 88.1 cm³/mol. The molecule has 2 N–H and O–H groups in total. The minimum atomic E-state index is -0.0411. The summed E-state index contributed by atoms with van der Waals surface area (Å²) in [7, 11) is 0. The SMILES string of the molecule is CC(=O)N1CCC(NC(=O)CNc2cccc(Cl)c2C)CC1. The second-order valence-electron chi connectivity index (χ2n) is 5.61. The molecule has 0 saturated carbocycles. The number of hydrogen-bond donors (Lipinski definition) is 2. The van der Waals surface area contributed by atoms with E-state index in [1.54, 1.807) is 6.92 Å². The first-order valence-corrected chi connectivity index (χ1v) is 7.89. The Labute approximate surface area is 136 Å². The molecule has 1 aromatic rings. The topological polar surface area (TPSA) is 61.4 Å². The zero-order chi connectivity index (χ0) is 16.1. The van der Waals surface area contributed by atoms with Gasteiger partial charge in [-0.1, -0.05) is 17.7 Å². The normalized spacial score (nSPS) is 15.5. The van der Waals surface area contributed by atoms with Gasteiger partial charge in [0.05, 0.1) is 6.54 Å². The van der Waals surface area contributed by atoms with Crippen molar-refractivity contribution in [1.82, 2.24) is 10.2 Å². The van der Waals surface area contributed by atoms with Crippen LogP contribution < -0.4 is 10.6 Å². The number of likely N-dealkylation sites (tertiary alicyclic amines) is 1. The Bertz CT molecular complexity index is 554. The van der Waals surface area contributed by atoms with Crippen molar-refractivity contribution in [2.45, 2.75) is 32.7 Å². The van der Waals surface area contributed by atoms with Crippen molar-refractivity contribution in [2.24, 2.45) is 0 Å². The van der Waals surface area contributed by atoms with Crippen LogP contribution in [0.2, 0.25) is 5.02 Å². The molecule has 1 aromatic carbocycles. The molecular formula is C16H22ClN3O2. The Kier molecular flexibility index (Phi) is 5.66. The summed E-state index contributed by atoms with van der Waals surface area (Å²) in [4.78, 5) is 25.1. The van der Waals surface area contributed by atoms with Gasteiger partial charge < -0.3 is 15.5 Å². The van der Waals surface area contributed by atoms with Crippen LogP contribution in [0, 0.1) is 6.92 Å². The van der Waals surface area contributed by atoms with Crippen molar-refractivity contribution in [3.05, 3.63) is 28.8 Å². The second kappa shape index (κ2) is 7.49. The van der Waals surface area contributed by atoms with Crippen molar-refractivity contribution in [2.75, 3.05) is 25.0 Å². The van der Waals surface area contributed by atoms with E-state index in [-0.39, 0.29) is 24.4 Å². The highest BCUT2D eigenvalue weighted by atomic mass is 35.5. The van der Waals surface area contributed by atoms with Gasteiger partial charge in [-0.25, -0.2) is 0 Å². The minimum absolute atomic E-state index is 0.0411. The monoisotopic (exact) mass is 323 g/mol. The molecule has 0 unspecified atom stereocenters. The number of anilines is 1. The number of rotatable bonds is 4. The van der Waals surface area contributed by atoms with Crippen LogP contribution in [0.5, 0.6) is 0 Å². The average Bonchev–Trinajstić information content (AvgIpc) is 2.49. The third kappa shape index (κ3) is 4.37. The molecule has 0 radical (unpaired) electrons. The molecule has 120 valence electrons. The lowest BCUT2D eigenvalue weighted by atomic mass is 10.1. The number of carbonyl (C=O) groups is 2. The highest BCUT2D eigenvalue weighted by Gasteiger charge is 2.21. The summed E-state index contributed by atoms with van der Waals surface area (Å²) < 4.78 is 0. The lowest BCUT2D eigenvalue weighted by Crippen LogP contribution is -2.47. The van der Waals surface area contributed by atoms with Gasteiger partial charge in [0.25, 0.3) is 0 Å². The number of piperidine rings is 1. The van der Waals surface area contributed by atoms with Crippen LogP contribution in [-0.2, 0) is 9.59 Å². The zero-order valence-electron chi connectivity index (χ0n) is 13.0. The molecule has 5 nitrogen and oxygen atoms in total. The lowest BCUT2D eigenvalue weighted by Gasteiger charge is -2.31. The van der Waals surface area contributed by atoms with E-state index in [9.17, 15) is 9.59 Å². The number of nitrogens with zero attached hydrogens (tertiary/aromatic N) is 1. The molecule has 0 spiro atoms. The number of amides is 2. The van der Waals surface area contributed by atoms with Crippen LogP contribution in [0.4, 0.5) is 5.69 Å².